The van der Waals surface area contributed by atoms with Crippen LogP contribution in [0.3, 0.4) is 0 Å². The van der Waals surface area contributed by atoms with E-state index >= 15 is 0 Å². The van der Waals surface area contributed by atoms with E-state index in [0.29, 0.717) is 18.2 Å². The number of hydrogen-bond acceptors (Lipinski definition) is 3. The molecule has 3 unspecified atom stereocenters. The van der Waals surface area contributed by atoms with Gasteiger partial charge in [-0.15, -0.1) is 24.0 Å². The third-order valence-electron chi connectivity index (χ3n) is 5.05. The van der Waals surface area contributed by atoms with Gasteiger partial charge in [0.1, 0.15) is 5.65 Å². The van der Waals surface area contributed by atoms with Crippen molar-refractivity contribution in [1.29, 1.82) is 0 Å². The van der Waals surface area contributed by atoms with Gasteiger partial charge in [-0.3, -0.25) is 4.99 Å². The number of aliphatic imine (C=N–C) groups is 1. The number of nitrogens with one attached hydrogen (secondary N) is 2. The quantitative estimate of drug-likeness (QED) is 0.422. The molecule has 6 nitrogen and oxygen atoms in total. The Morgan fingerprint density at radius 3 is 3.00 bits per heavy atom. The molecule has 0 saturated carbocycles. The first-order valence-electron chi connectivity index (χ1n) is 8.79. The summed E-state index contributed by atoms with van der Waals surface area (Å²) < 4.78 is 7.98. The van der Waals surface area contributed by atoms with E-state index < -0.39 is 0 Å². The molecule has 0 radical (unpaired) electrons. The van der Waals surface area contributed by atoms with Crippen molar-refractivity contribution in [2.45, 2.75) is 50.9 Å². The van der Waals surface area contributed by atoms with Crippen molar-refractivity contribution in [3.05, 3.63) is 35.8 Å². The number of halogens is 1. The lowest BCUT2D eigenvalue weighted by molar-refractivity contribution is 0.0992. The van der Waals surface area contributed by atoms with Crippen molar-refractivity contribution in [2.75, 3.05) is 13.6 Å². The minimum absolute atomic E-state index is 0. The molecule has 2 bridgehead atoms. The van der Waals surface area contributed by atoms with Gasteiger partial charge in [-0.25, -0.2) is 4.98 Å². The molecule has 136 valence electrons. The average molecular weight is 455 g/mol. The summed E-state index contributed by atoms with van der Waals surface area (Å²) in [6, 6.07) is 4.54. The highest BCUT2D eigenvalue weighted by atomic mass is 127. The predicted molar refractivity (Wildman–Crippen MR) is 110 cm³/mol. The number of nitrogens with zero attached hydrogens (tertiary/aromatic N) is 3. The number of pyridine rings is 1. The van der Waals surface area contributed by atoms with Gasteiger partial charge >= 0.3 is 0 Å². The molecule has 4 heterocycles. The first kappa shape index (κ1) is 18.4. The highest BCUT2D eigenvalue weighted by Crippen LogP contribution is 2.34. The molecule has 2 saturated heterocycles. The fraction of sp³-hybridized carbons (Fsp3) is 0.556. The van der Waals surface area contributed by atoms with E-state index in [1.54, 1.807) is 0 Å². The summed E-state index contributed by atoms with van der Waals surface area (Å²) in [4.78, 5) is 9.05. The largest absolute Gasteiger partial charge is 0.373 e. The standard InChI is InChI=1S/C18H25N5O.HI/c1-12-4-3-9-23-11-13(21-17(12)23)7-8-20-18(19-2)22-15-10-14-5-6-16(15)24-14;/h3-4,9,11,14-16H,5-8,10H2,1-2H3,(H2,19,20,22);1H. The molecule has 0 amide bonds. The topological polar surface area (TPSA) is 63.0 Å². The van der Waals surface area contributed by atoms with E-state index in [2.05, 4.69) is 45.3 Å². The molecule has 2 fully saturated rings. The Morgan fingerprint density at radius 2 is 2.32 bits per heavy atom. The van der Waals surface area contributed by atoms with E-state index in [9.17, 15) is 0 Å². The number of aromatic nitrogens is 2. The van der Waals surface area contributed by atoms with E-state index in [-0.39, 0.29) is 24.0 Å². The molecule has 0 spiro atoms. The number of imidazole rings is 1. The molecule has 2 aliphatic heterocycles. The molecule has 7 heteroatoms. The molecule has 4 rings (SSSR count). The van der Waals surface area contributed by atoms with Crippen LogP contribution in [-0.2, 0) is 11.2 Å². The zero-order valence-corrected chi connectivity index (χ0v) is 17.1. The maximum Gasteiger partial charge on any atom is 0.191 e. The maximum absolute atomic E-state index is 5.89. The monoisotopic (exact) mass is 455 g/mol. The summed E-state index contributed by atoms with van der Waals surface area (Å²) in [7, 11) is 1.82. The summed E-state index contributed by atoms with van der Waals surface area (Å²) >= 11 is 0. The van der Waals surface area contributed by atoms with Crippen molar-refractivity contribution in [1.82, 2.24) is 20.0 Å². The second kappa shape index (κ2) is 7.90. The van der Waals surface area contributed by atoms with E-state index in [1.807, 2.05) is 13.2 Å². The number of fused-ring (bicyclic) bond motifs is 3. The molecule has 0 aromatic carbocycles. The predicted octanol–water partition coefficient (Wildman–Crippen LogP) is 2.29. The second-order valence-electron chi connectivity index (χ2n) is 6.76. The van der Waals surface area contributed by atoms with Crippen LogP contribution >= 0.6 is 24.0 Å². The van der Waals surface area contributed by atoms with Crippen LogP contribution in [0.5, 0.6) is 0 Å². The molecule has 25 heavy (non-hydrogen) atoms. The summed E-state index contributed by atoms with van der Waals surface area (Å²) in [6.45, 7) is 2.90. The minimum Gasteiger partial charge on any atom is -0.373 e. The van der Waals surface area contributed by atoms with E-state index in [4.69, 9.17) is 9.72 Å². The van der Waals surface area contributed by atoms with Gasteiger partial charge in [0.05, 0.1) is 23.9 Å². The molecule has 2 aromatic rings. The van der Waals surface area contributed by atoms with Crippen molar-refractivity contribution in [3.8, 4) is 0 Å². The van der Waals surface area contributed by atoms with Crippen LogP contribution in [0.4, 0.5) is 0 Å². The zero-order valence-electron chi connectivity index (χ0n) is 14.7. The maximum atomic E-state index is 5.89. The van der Waals surface area contributed by atoms with Crippen LogP contribution in [0.15, 0.2) is 29.5 Å². The second-order valence-corrected chi connectivity index (χ2v) is 6.76. The normalized spacial score (nSPS) is 25.2. The summed E-state index contributed by atoms with van der Waals surface area (Å²) in [5, 5.41) is 6.90. The van der Waals surface area contributed by atoms with Gasteiger partial charge in [-0.05, 0) is 37.8 Å². The smallest absolute Gasteiger partial charge is 0.191 e. The third-order valence-corrected chi connectivity index (χ3v) is 5.05. The van der Waals surface area contributed by atoms with Crippen LogP contribution in [-0.4, -0.2) is 47.2 Å². The van der Waals surface area contributed by atoms with E-state index in [0.717, 1.165) is 36.7 Å². The van der Waals surface area contributed by atoms with Crippen molar-refractivity contribution in [3.63, 3.8) is 0 Å². The number of guanidine groups is 1. The first-order valence-corrected chi connectivity index (χ1v) is 8.79. The lowest BCUT2D eigenvalue weighted by Gasteiger charge is -2.22. The van der Waals surface area contributed by atoms with Gasteiger partial charge in [0.15, 0.2) is 5.96 Å². The SMILES string of the molecule is CN=C(NCCc1cn2cccc(C)c2n1)NC1CC2CCC1O2.I. The lowest BCUT2D eigenvalue weighted by Crippen LogP contribution is -2.47. The highest BCUT2D eigenvalue weighted by molar-refractivity contribution is 14.0. The van der Waals surface area contributed by atoms with Gasteiger partial charge in [-0.1, -0.05) is 6.07 Å². The summed E-state index contributed by atoms with van der Waals surface area (Å²) in [5.41, 5.74) is 3.33. The Kier molecular flexibility index (Phi) is 5.83. The minimum atomic E-state index is 0. The first-order chi connectivity index (χ1) is 11.7. The van der Waals surface area contributed by atoms with Crippen LogP contribution in [0.1, 0.15) is 30.5 Å². The molecular formula is C18H26IN5O. The number of hydrogen-bond donors (Lipinski definition) is 2. The molecule has 2 aliphatic rings. The van der Waals surface area contributed by atoms with Crippen LogP contribution in [0, 0.1) is 6.92 Å². The van der Waals surface area contributed by atoms with Gasteiger partial charge in [0.25, 0.3) is 0 Å². The van der Waals surface area contributed by atoms with Gasteiger partial charge in [0.2, 0.25) is 0 Å². The van der Waals surface area contributed by atoms with Crippen LogP contribution < -0.4 is 10.6 Å². The van der Waals surface area contributed by atoms with Crippen molar-refractivity contribution in [2.24, 2.45) is 4.99 Å². The Labute approximate surface area is 165 Å². The summed E-state index contributed by atoms with van der Waals surface area (Å²) in [6.07, 6.45) is 9.29. The van der Waals surface area contributed by atoms with E-state index in [1.165, 1.54) is 18.4 Å². The number of aryl methyl sites for hydroxylation is 1. The van der Waals surface area contributed by atoms with Crippen LogP contribution in [0.25, 0.3) is 5.65 Å². The molecule has 2 N–H and O–H groups in total. The van der Waals surface area contributed by atoms with Crippen molar-refractivity contribution < 1.29 is 4.74 Å². The molecular weight excluding hydrogens is 429 g/mol. The number of rotatable bonds is 4. The fourth-order valence-corrected chi connectivity index (χ4v) is 3.79. The Morgan fingerprint density at radius 1 is 1.44 bits per heavy atom. The van der Waals surface area contributed by atoms with Gasteiger partial charge in [-0.2, -0.15) is 0 Å². The van der Waals surface area contributed by atoms with Crippen LogP contribution in [0.2, 0.25) is 0 Å². The Hall–Kier alpha value is -1.35. The molecule has 0 aliphatic carbocycles. The Bertz CT molecular complexity index is 759. The summed E-state index contributed by atoms with van der Waals surface area (Å²) in [5.74, 6) is 0.857. The third kappa shape index (κ3) is 3.92. The van der Waals surface area contributed by atoms with Gasteiger partial charge in [0, 0.05) is 32.4 Å². The number of ether oxygens (including phenoxy) is 1. The highest BCUT2D eigenvalue weighted by Gasteiger charge is 2.41. The average Bonchev–Trinajstić information content (AvgIpc) is 3.29. The molecule has 2 aromatic heterocycles. The molecule has 3 atom stereocenters. The fourth-order valence-electron chi connectivity index (χ4n) is 3.79. The lowest BCUT2D eigenvalue weighted by atomic mass is 9.96. The zero-order chi connectivity index (χ0) is 16.5. The van der Waals surface area contributed by atoms with Gasteiger partial charge < -0.3 is 19.8 Å². The Balaban J connectivity index is 0.00000182. The van der Waals surface area contributed by atoms with Crippen molar-refractivity contribution >= 4 is 35.6 Å².